The Kier molecular flexibility index (Phi) is 8.06. The summed E-state index contributed by atoms with van der Waals surface area (Å²) in [6.07, 6.45) is 0. The SMILES string of the molecule is COc1ccc(NC(C)=O)cc1NC(=O)CN(C)Cc1cc(OC)c(OC)cc1C. The summed E-state index contributed by atoms with van der Waals surface area (Å²) < 4.78 is 16.0. The molecule has 2 amide bonds. The van der Waals surface area contributed by atoms with Gasteiger partial charge in [-0.3, -0.25) is 14.5 Å². The van der Waals surface area contributed by atoms with Crippen LogP contribution in [0, 0.1) is 6.92 Å². The summed E-state index contributed by atoms with van der Waals surface area (Å²) in [5.74, 6) is 1.44. The quantitative estimate of drug-likeness (QED) is 0.654. The highest BCUT2D eigenvalue weighted by molar-refractivity contribution is 5.95. The van der Waals surface area contributed by atoms with Crippen molar-refractivity contribution in [1.29, 1.82) is 0 Å². The van der Waals surface area contributed by atoms with Gasteiger partial charge in [-0.25, -0.2) is 0 Å². The van der Waals surface area contributed by atoms with E-state index in [1.165, 1.54) is 14.0 Å². The first-order valence-electron chi connectivity index (χ1n) is 9.42. The molecule has 0 aliphatic carbocycles. The van der Waals surface area contributed by atoms with E-state index in [1.54, 1.807) is 32.4 Å². The summed E-state index contributed by atoms with van der Waals surface area (Å²) in [5.41, 5.74) is 3.15. The van der Waals surface area contributed by atoms with Crippen molar-refractivity contribution < 1.29 is 23.8 Å². The average Bonchev–Trinajstić information content (AvgIpc) is 2.68. The maximum atomic E-state index is 12.6. The number of carbonyl (C=O) groups excluding carboxylic acids is 2. The summed E-state index contributed by atoms with van der Waals surface area (Å²) >= 11 is 0. The first kappa shape index (κ1) is 23.0. The predicted molar refractivity (Wildman–Crippen MR) is 117 cm³/mol. The summed E-state index contributed by atoms with van der Waals surface area (Å²) in [6, 6.07) is 8.90. The molecule has 0 unspecified atom stereocenters. The number of nitrogens with zero attached hydrogens (tertiary/aromatic N) is 1. The van der Waals surface area contributed by atoms with Crippen molar-refractivity contribution in [3.05, 3.63) is 41.5 Å². The Balaban J connectivity index is 2.07. The lowest BCUT2D eigenvalue weighted by Crippen LogP contribution is -2.30. The lowest BCUT2D eigenvalue weighted by Gasteiger charge is -2.20. The minimum atomic E-state index is -0.200. The standard InChI is InChI=1S/C22H29N3O5/c1-14-9-20(29-5)21(30-6)10-16(14)12-25(3)13-22(27)24-18-11-17(23-15(2)26)7-8-19(18)28-4/h7-11H,12-13H2,1-6H3,(H,23,26)(H,24,27). The Labute approximate surface area is 177 Å². The Bertz CT molecular complexity index is 914. The monoisotopic (exact) mass is 415 g/mol. The van der Waals surface area contributed by atoms with Crippen LogP contribution in [0.3, 0.4) is 0 Å². The number of benzene rings is 2. The lowest BCUT2D eigenvalue weighted by molar-refractivity contribution is -0.117. The molecule has 0 saturated carbocycles. The van der Waals surface area contributed by atoms with Crippen LogP contribution in [0.15, 0.2) is 30.3 Å². The van der Waals surface area contributed by atoms with Gasteiger partial charge in [0.05, 0.1) is 33.6 Å². The van der Waals surface area contributed by atoms with E-state index in [9.17, 15) is 9.59 Å². The molecule has 0 fully saturated rings. The third-order valence-corrected chi connectivity index (χ3v) is 4.49. The van der Waals surface area contributed by atoms with Gasteiger partial charge in [0, 0.05) is 19.2 Å². The predicted octanol–water partition coefficient (Wildman–Crippen LogP) is 3.05. The van der Waals surface area contributed by atoms with Crippen molar-refractivity contribution in [3.8, 4) is 17.2 Å². The van der Waals surface area contributed by atoms with E-state index < -0.39 is 0 Å². The zero-order chi connectivity index (χ0) is 22.3. The highest BCUT2D eigenvalue weighted by Crippen LogP contribution is 2.31. The van der Waals surface area contributed by atoms with Gasteiger partial charge in [0.15, 0.2) is 11.5 Å². The first-order chi connectivity index (χ1) is 14.3. The summed E-state index contributed by atoms with van der Waals surface area (Å²) in [7, 11) is 6.58. The van der Waals surface area contributed by atoms with E-state index in [0.29, 0.717) is 35.2 Å². The molecule has 0 spiro atoms. The number of hydrogen-bond donors (Lipinski definition) is 2. The second kappa shape index (κ2) is 10.5. The van der Waals surface area contributed by atoms with Crippen LogP contribution in [-0.2, 0) is 16.1 Å². The zero-order valence-electron chi connectivity index (χ0n) is 18.3. The molecule has 8 nitrogen and oxygen atoms in total. The van der Waals surface area contributed by atoms with Gasteiger partial charge < -0.3 is 24.8 Å². The maximum absolute atomic E-state index is 12.6. The molecular weight excluding hydrogens is 386 g/mol. The third-order valence-electron chi connectivity index (χ3n) is 4.49. The van der Waals surface area contributed by atoms with E-state index in [0.717, 1.165) is 11.1 Å². The molecule has 0 heterocycles. The molecule has 2 aromatic carbocycles. The van der Waals surface area contributed by atoms with E-state index in [-0.39, 0.29) is 18.4 Å². The second-order valence-electron chi connectivity index (χ2n) is 6.95. The molecule has 30 heavy (non-hydrogen) atoms. The molecule has 0 atom stereocenters. The maximum Gasteiger partial charge on any atom is 0.238 e. The summed E-state index contributed by atoms with van der Waals surface area (Å²) in [5, 5.41) is 5.54. The van der Waals surface area contributed by atoms with Gasteiger partial charge in [0.25, 0.3) is 0 Å². The fourth-order valence-corrected chi connectivity index (χ4v) is 3.06. The van der Waals surface area contributed by atoms with Gasteiger partial charge in [-0.15, -0.1) is 0 Å². The van der Waals surface area contributed by atoms with Crippen LogP contribution in [0.25, 0.3) is 0 Å². The first-order valence-corrected chi connectivity index (χ1v) is 9.42. The van der Waals surface area contributed by atoms with Gasteiger partial charge in [-0.1, -0.05) is 0 Å². The van der Waals surface area contributed by atoms with Crippen LogP contribution in [0.4, 0.5) is 11.4 Å². The number of aryl methyl sites for hydroxylation is 1. The number of methoxy groups -OCH3 is 3. The van der Waals surface area contributed by atoms with Crippen molar-refractivity contribution in [2.45, 2.75) is 20.4 Å². The molecule has 0 radical (unpaired) electrons. The van der Waals surface area contributed by atoms with E-state index in [2.05, 4.69) is 10.6 Å². The zero-order valence-corrected chi connectivity index (χ0v) is 18.3. The average molecular weight is 415 g/mol. The normalized spacial score (nSPS) is 10.5. The number of likely N-dealkylation sites (N-methyl/N-ethyl adjacent to an activating group) is 1. The number of ether oxygens (including phenoxy) is 3. The fourth-order valence-electron chi connectivity index (χ4n) is 3.06. The van der Waals surface area contributed by atoms with Crippen LogP contribution in [0.2, 0.25) is 0 Å². The van der Waals surface area contributed by atoms with Crippen LogP contribution in [0.5, 0.6) is 17.2 Å². The van der Waals surface area contributed by atoms with Gasteiger partial charge >= 0.3 is 0 Å². The third kappa shape index (κ3) is 6.12. The van der Waals surface area contributed by atoms with Crippen molar-refractivity contribution in [2.24, 2.45) is 0 Å². The van der Waals surface area contributed by atoms with Gasteiger partial charge in [-0.05, 0) is 55.4 Å². The fraction of sp³-hybridized carbons (Fsp3) is 0.364. The Morgan fingerprint density at radius 3 is 2.17 bits per heavy atom. The van der Waals surface area contributed by atoms with Crippen molar-refractivity contribution in [2.75, 3.05) is 45.6 Å². The highest BCUT2D eigenvalue weighted by atomic mass is 16.5. The van der Waals surface area contributed by atoms with Crippen LogP contribution in [0.1, 0.15) is 18.1 Å². The van der Waals surface area contributed by atoms with Gasteiger partial charge in [0.1, 0.15) is 5.75 Å². The van der Waals surface area contributed by atoms with Crippen LogP contribution in [-0.4, -0.2) is 51.6 Å². The van der Waals surface area contributed by atoms with Crippen molar-refractivity contribution in [1.82, 2.24) is 4.90 Å². The number of anilines is 2. The van der Waals surface area contributed by atoms with E-state index in [4.69, 9.17) is 14.2 Å². The Morgan fingerprint density at radius 2 is 1.57 bits per heavy atom. The second-order valence-corrected chi connectivity index (χ2v) is 6.95. The van der Waals surface area contributed by atoms with E-state index in [1.807, 2.05) is 31.0 Å². The molecular formula is C22H29N3O5. The number of nitrogens with one attached hydrogen (secondary N) is 2. The largest absolute Gasteiger partial charge is 0.495 e. The summed E-state index contributed by atoms with van der Waals surface area (Å²) in [6.45, 7) is 4.14. The van der Waals surface area contributed by atoms with Crippen molar-refractivity contribution in [3.63, 3.8) is 0 Å². The van der Waals surface area contributed by atoms with Crippen LogP contribution < -0.4 is 24.8 Å². The molecule has 0 aromatic heterocycles. The van der Waals surface area contributed by atoms with E-state index >= 15 is 0 Å². The van der Waals surface area contributed by atoms with Crippen molar-refractivity contribution >= 4 is 23.2 Å². The van der Waals surface area contributed by atoms with Gasteiger partial charge in [0.2, 0.25) is 11.8 Å². The molecule has 162 valence electrons. The molecule has 0 aliphatic rings. The number of rotatable bonds is 9. The Hall–Kier alpha value is -3.26. The molecule has 2 rings (SSSR count). The van der Waals surface area contributed by atoms with Gasteiger partial charge in [-0.2, -0.15) is 0 Å². The lowest BCUT2D eigenvalue weighted by atomic mass is 10.1. The molecule has 0 bridgehead atoms. The number of amides is 2. The van der Waals surface area contributed by atoms with Crippen LogP contribution >= 0.6 is 0 Å². The smallest absolute Gasteiger partial charge is 0.238 e. The highest BCUT2D eigenvalue weighted by Gasteiger charge is 2.14. The number of hydrogen-bond acceptors (Lipinski definition) is 6. The Morgan fingerprint density at radius 1 is 0.933 bits per heavy atom. The number of carbonyl (C=O) groups is 2. The molecule has 2 aromatic rings. The molecule has 2 N–H and O–H groups in total. The topological polar surface area (TPSA) is 89.1 Å². The summed E-state index contributed by atoms with van der Waals surface area (Å²) in [4.78, 5) is 25.8. The minimum Gasteiger partial charge on any atom is -0.495 e. The molecule has 0 aliphatic heterocycles. The molecule has 0 saturated heterocycles. The minimum absolute atomic E-state index is 0.168. The molecule has 8 heteroatoms.